The van der Waals surface area contributed by atoms with E-state index in [-0.39, 0.29) is 6.10 Å². The van der Waals surface area contributed by atoms with Crippen molar-refractivity contribution in [3.8, 4) is 0 Å². The van der Waals surface area contributed by atoms with Crippen molar-refractivity contribution in [1.29, 1.82) is 0 Å². The van der Waals surface area contributed by atoms with Crippen molar-refractivity contribution in [3.05, 3.63) is 0 Å². The van der Waals surface area contributed by atoms with Crippen LogP contribution in [-0.2, 0) is 0 Å². The molecule has 2 unspecified atom stereocenters. The van der Waals surface area contributed by atoms with Gasteiger partial charge in [0.15, 0.2) is 0 Å². The molecule has 2 atom stereocenters. The molecule has 0 aliphatic heterocycles. The first-order valence-electron chi connectivity index (χ1n) is 9.73. The largest absolute Gasteiger partial charge is 0.393 e. The fourth-order valence-electron chi connectivity index (χ4n) is 3.45. The summed E-state index contributed by atoms with van der Waals surface area (Å²) in [4.78, 5) is 0. The Balaban J connectivity index is 1.76. The third-order valence-electron chi connectivity index (χ3n) is 4.98. The Hall–Kier alpha value is -0.0800. The van der Waals surface area contributed by atoms with Gasteiger partial charge in [0.1, 0.15) is 0 Å². The molecule has 0 aromatic carbocycles. The summed E-state index contributed by atoms with van der Waals surface area (Å²) in [5, 5.41) is 13.5. The van der Waals surface area contributed by atoms with Crippen molar-refractivity contribution in [2.24, 2.45) is 5.92 Å². The number of hydrogen-bond acceptors (Lipinski definition) is 2. The van der Waals surface area contributed by atoms with Gasteiger partial charge < -0.3 is 10.4 Å². The molecule has 0 heterocycles. The maximum Gasteiger partial charge on any atom is 0.0580 e. The third kappa shape index (κ3) is 10.3. The normalized spacial score (nSPS) is 22.6. The van der Waals surface area contributed by atoms with Crippen LogP contribution in [0.3, 0.4) is 0 Å². The first kappa shape index (κ1) is 19.0. The monoisotopic (exact) mass is 297 g/mol. The minimum Gasteiger partial charge on any atom is -0.393 e. The molecule has 0 bridgehead atoms. The summed E-state index contributed by atoms with van der Waals surface area (Å²) >= 11 is 0. The smallest absolute Gasteiger partial charge is 0.0580 e. The van der Waals surface area contributed by atoms with Gasteiger partial charge >= 0.3 is 0 Å². The molecule has 0 radical (unpaired) electrons. The van der Waals surface area contributed by atoms with Crippen molar-refractivity contribution in [2.45, 2.75) is 103 Å². The summed E-state index contributed by atoms with van der Waals surface area (Å²) in [6, 6.07) is 0. The molecule has 0 aromatic heterocycles. The molecular formula is C19H39NO. The number of rotatable bonds is 13. The van der Waals surface area contributed by atoms with E-state index < -0.39 is 0 Å². The van der Waals surface area contributed by atoms with Crippen molar-refractivity contribution < 1.29 is 5.11 Å². The van der Waals surface area contributed by atoms with E-state index in [4.69, 9.17) is 0 Å². The van der Waals surface area contributed by atoms with E-state index in [1.807, 2.05) is 0 Å². The Morgan fingerprint density at radius 3 is 2.00 bits per heavy atom. The second-order valence-electron chi connectivity index (χ2n) is 7.00. The molecule has 0 saturated heterocycles. The van der Waals surface area contributed by atoms with E-state index in [9.17, 15) is 5.11 Å². The van der Waals surface area contributed by atoms with Crippen LogP contribution in [0.25, 0.3) is 0 Å². The Bertz CT molecular complexity index is 220. The van der Waals surface area contributed by atoms with E-state index in [2.05, 4.69) is 12.2 Å². The summed E-state index contributed by atoms with van der Waals surface area (Å²) in [5.74, 6) is 0.516. The predicted octanol–water partition coefficient (Wildman–Crippen LogP) is 5.05. The van der Waals surface area contributed by atoms with Crippen molar-refractivity contribution in [2.75, 3.05) is 13.1 Å². The zero-order chi connectivity index (χ0) is 15.2. The highest BCUT2D eigenvalue weighted by Gasteiger charge is 2.21. The molecule has 0 amide bonds. The fraction of sp³-hybridized carbons (Fsp3) is 1.00. The van der Waals surface area contributed by atoms with Crippen molar-refractivity contribution in [1.82, 2.24) is 5.32 Å². The Morgan fingerprint density at radius 2 is 1.38 bits per heavy atom. The van der Waals surface area contributed by atoms with Crippen LogP contribution in [-0.4, -0.2) is 24.3 Å². The summed E-state index contributed by atoms with van der Waals surface area (Å²) in [6.45, 7) is 4.45. The maximum absolute atomic E-state index is 9.91. The lowest BCUT2D eigenvalue weighted by Gasteiger charge is -2.27. The van der Waals surface area contributed by atoms with Gasteiger partial charge in [-0.05, 0) is 31.7 Å². The highest BCUT2D eigenvalue weighted by Crippen LogP contribution is 2.23. The maximum atomic E-state index is 9.91. The molecule has 2 N–H and O–H groups in total. The van der Waals surface area contributed by atoms with Crippen molar-refractivity contribution in [3.63, 3.8) is 0 Å². The Morgan fingerprint density at radius 1 is 0.810 bits per heavy atom. The third-order valence-corrected chi connectivity index (χ3v) is 4.98. The average molecular weight is 298 g/mol. The van der Waals surface area contributed by atoms with Crippen LogP contribution in [0.2, 0.25) is 0 Å². The number of hydrogen-bond donors (Lipinski definition) is 2. The van der Waals surface area contributed by atoms with Crippen LogP contribution in [0.5, 0.6) is 0 Å². The lowest BCUT2D eigenvalue weighted by atomic mass is 9.86. The molecular weight excluding hydrogens is 258 g/mol. The first-order valence-corrected chi connectivity index (χ1v) is 9.73. The molecule has 1 aliphatic rings. The average Bonchev–Trinajstić information content (AvgIpc) is 2.50. The lowest BCUT2D eigenvalue weighted by molar-refractivity contribution is 0.0697. The lowest BCUT2D eigenvalue weighted by Crippen LogP contribution is -2.34. The van der Waals surface area contributed by atoms with Crippen molar-refractivity contribution >= 4 is 0 Å². The molecule has 0 aromatic rings. The van der Waals surface area contributed by atoms with Crippen LogP contribution < -0.4 is 5.32 Å². The van der Waals surface area contributed by atoms with E-state index in [0.29, 0.717) is 5.92 Å². The quantitative estimate of drug-likeness (QED) is 0.466. The van der Waals surface area contributed by atoms with Crippen LogP contribution in [0.15, 0.2) is 0 Å². The molecule has 126 valence electrons. The Labute approximate surface area is 133 Å². The van der Waals surface area contributed by atoms with E-state index in [1.54, 1.807) is 0 Å². The highest BCUT2D eigenvalue weighted by atomic mass is 16.3. The highest BCUT2D eigenvalue weighted by molar-refractivity contribution is 4.76. The van der Waals surface area contributed by atoms with Gasteiger partial charge in [0, 0.05) is 6.54 Å². The zero-order valence-corrected chi connectivity index (χ0v) is 14.4. The summed E-state index contributed by atoms with van der Waals surface area (Å²) in [6.07, 6.45) is 18.7. The van der Waals surface area contributed by atoms with Crippen LogP contribution in [0, 0.1) is 5.92 Å². The Kier molecular flexibility index (Phi) is 12.3. The predicted molar refractivity (Wildman–Crippen MR) is 92.7 cm³/mol. The van der Waals surface area contributed by atoms with Gasteiger partial charge in [-0.25, -0.2) is 0 Å². The number of aliphatic hydroxyl groups is 1. The molecule has 1 aliphatic carbocycles. The summed E-state index contributed by atoms with van der Waals surface area (Å²) in [5.41, 5.74) is 0. The number of aliphatic hydroxyl groups excluding tert-OH is 1. The summed E-state index contributed by atoms with van der Waals surface area (Å²) < 4.78 is 0. The van der Waals surface area contributed by atoms with Crippen LogP contribution in [0.1, 0.15) is 96.8 Å². The molecule has 21 heavy (non-hydrogen) atoms. The molecule has 2 heteroatoms. The standard InChI is InChI=1S/C19H39NO/c1-2-3-4-5-6-7-8-9-10-13-16-20-17-18-14-11-12-15-19(18)21/h18-21H,2-17H2,1H3. The fourth-order valence-corrected chi connectivity index (χ4v) is 3.45. The van der Waals surface area contributed by atoms with Crippen LogP contribution >= 0.6 is 0 Å². The van der Waals surface area contributed by atoms with E-state index in [1.165, 1.54) is 83.5 Å². The van der Waals surface area contributed by atoms with Gasteiger partial charge in [0.05, 0.1) is 6.10 Å². The number of nitrogens with one attached hydrogen (secondary N) is 1. The number of unbranched alkanes of at least 4 members (excludes halogenated alkanes) is 9. The topological polar surface area (TPSA) is 32.3 Å². The molecule has 1 saturated carbocycles. The second kappa shape index (κ2) is 13.6. The molecule has 1 fully saturated rings. The van der Waals surface area contributed by atoms with E-state index in [0.717, 1.165) is 19.5 Å². The zero-order valence-electron chi connectivity index (χ0n) is 14.4. The van der Waals surface area contributed by atoms with Gasteiger partial charge in [0.25, 0.3) is 0 Å². The summed E-state index contributed by atoms with van der Waals surface area (Å²) in [7, 11) is 0. The van der Waals surface area contributed by atoms with Crippen LogP contribution in [0.4, 0.5) is 0 Å². The molecule has 1 rings (SSSR count). The second-order valence-corrected chi connectivity index (χ2v) is 7.00. The molecule has 0 spiro atoms. The van der Waals surface area contributed by atoms with Gasteiger partial charge in [-0.3, -0.25) is 0 Å². The minimum absolute atomic E-state index is 0.0426. The molecule has 2 nitrogen and oxygen atoms in total. The van der Waals surface area contributed by atoms with Gasteiger partial charge in [-0.15, -0.1) is 0 Å². The van der Waals surface area contributed by atoms with E-state index >= 15 is 0 Å². The SMILES string of the molecule is CCCCCCCCCCCCNCC1CCCCC1O. The van der Waals surface area contributed by atoms with Gasteiger partial charge in [-0.1, -0.05) is 77.6 Å². The van der Waals surface area contributed by atoms with Gasteiger partial charge in [-0.2, -0.15) is 0 Å². The van der Waals surface area contributed by atoms with Gasteiger partial charge in [0.2, 0.25) is 0 Å². The minimum atomic E-state index is -0.0426. The first-order chi connectivity index (χ1) is 10.3.